The molecule has 6 heteroatoms. The number of para-hydroxylation sites is 1. The van der Waals surface area contributed by atoms with Crippen molar-refractivity contribution in [3.05, 3.63) is 54.2 Å². The normalized spacial score (nSPS) is 21.5. The maximum absolute atomic E-state index is 5.58. The van der Waals surface area contributed by atoms with E-state index in [-0.39, 0.29) is 0 Å². The van der Waals surface area contributed by atoms with Gasteiger partial charge in [-0.3, -0.25) is 9.58 Å². The largest absolute Gasteiger partial charge is 0.496 e. The summed E-state index contributed by atoms with van der Waals surface area (Å²) < 4.78 is 10.0. The lowest BCUT2D eigenvalue weighted by Gasteiger charge is -2.23. The highest BCUT2D eigenvalue weighted by Gasteiger charge is 2.44. The van der Waals surface area contributed by atoms with E-state index in [0.717, 1.165) is 50.5 Å². The summed E-state index contributed by atoms with van der Waals surface area (Å²) in [5.74, 6) is 2.12. The molecule has 0 bridgehead atoms. The molecule has 0 unspecified atom stereocenters. The topological polar surface area (TPSA) is 48.1 Å². The van der Waals surface area contributed by atoms with Crippen LogP contribution in [0.2, 0.25) is 0 Å². The van der Waals surface area contributed by atoms with Gasteiger partial charge in [0.15, 0.2) is 0 Å². The van der Waals surface area contributed by atoms with Gasteiger partial charge in [0, 0.05) is 55.3 Å². The first kappa shape index (κ1) is 17.5. The Bertz CT molecular complexity index is 990. The number of aromatic nitrogens is 4. The van der Waals surface area contributed by atoms with Gasteiger partial charge in [0.2, 0.25) is 0 Å². The molecule has 1 saturated heterocycles. The van der Waals surface area contributed by atoms with Gasteiger partial charge in [0.05, 0.1) is 25.2 Å². The second kappa shape index (κ2) is 6.78. The first-order chi connectivity index (χ1) is 13.7. The number of aryl methyl sites for hydroxylation is 1. The van der Waals surface area contributed by atoms with Crippen molar-refractivity contribution in [1.82, 2.24) is 24.2 Å². The fourth-order valence-corrected chi connectivity index (χ4v) is 4.88. The number of benzene rings is 1. The van der Waals surface area contributed by atoms with Crippen LogP contribution in [0.5, 0.6) is 5.75 Å². The summed E-state index contributed by atoms with van der Waals surface area (Å²) in [5.41, 5.74) is 3.92. The fourth-order valence-electron chi connectivity index (χ4n) is 4.88. The first-order valence-corrected chi connectivity index (χ1v) is 10.1. The van der Waals surface area contributed by atoms with Crippen molar-refractivity contribution in [2.75, 3.05) is 20.2 Å². The SMILES string of the molecule is CCn1cc(CN2CC[C@]3(Cc4ncc(-c5ccccc5OC)n4C3)C2)cn1. The van der Waals surface area contributed by atoms with Gasteiger partial charge in [-0.15, -0.1) is 0 Å². The summed E-state index contributed by atoms with van der Waals surface area (Å²) in [6, 6.07) is 8.23. The predicted molar refractivity (Wildman–Crippen MR) is 108 cm³/mol. The van der Waals surface area contributed by atoms with Gasteiger partial charge in [-0.05, 0) is 32.0 Å². The van der Waals surface area contributed by atoms with Gasteiger partial charge in [-0.2, -0.15) is 5.10 Å². The maximum atomic E-state index is 5.58. The van der Waals surface area contributed by atoms with E-state index in [0.29, 0.717) is 5.41 Å². The second-order valence-corrected chi connectivity index (χ2v) is 8.19. The standard InChI is InChI=1S/C22H27N5O/c1-3-26-14-17(11-24-26)13-25-9-8-22(15-25)10-21-23-12-19(27(21)16-22)18-6-4-5-7-20(18)28-2/h4-7,11-12,14H,3,8-10,13,15-16H2,1-2H3/t22-/m0/s1. The number of imidazole rings is 1. The van der Waals surface area contributed by atoms with Gasteiger partial charge < -0.3 is 9.30 Å². The Balaban J connectivity index is 1.34. The molecule has 2 aliphatic rings. The molecular formula is C22H27N5O. The lowest BCUT2D eigenvalue weighted by Crippen LogP contribution is -2.28. The van der Waals surface area contributed by atoms with Gasteiger partial charge in [-0.1, -0.05) is 12.1 Å². The van der Waals surface area contributed by atoms with E-state index >= 15 is 0 Å². The van der Waals surface area contributed by atoms with E-state index < -0.39 is 0 Å². The average Bonchev–Trinajstić information content (AvgIpc) is 3.48. The van der Waals surface area contributed by atoms with Crippen LogP contribution in [0.1, 0.15) is 24.7 Å². The van der Waals surface area contributed by atoms with Crippen LogP contribution in [0.15, 0.2) is 42.9 Å². The molecule has 146 valence electrons. The zero-order valence-electron chi connectivity index (χ0n) is 16.6. The number of ether oxygens (including phenoxy) is 1. The van der Waals surface area contributed by atoms with Crippen molar-refractivity contribution in [3.8, 4) is 17.0 Å². The zero-order chi connectivity index (χ0) is 19.1. The van der Waals surface area contributed by atoms with Crippen molar-refractivity contribution in [2.45, 2.75) is 39.4 Å². The molecule has 0 N–H and O–H groups in total. The minimum atomic E-state index is 0.307. The second-order valence-electron chi connectivity index (χ2n) is 8.19. The number of methoxy groups -OCH3 is 1. The Kier molecular flexibility index (Phi) is 4.23. The van der Waals surface area contributed by atoms with Crippen LogP contribution < -0.4 is 4.74 Å². The third-order valence-corrected chi connectivity index (χ3v) is 6.28. The Labute approximate surface area is 165 Å². The highest BCUT2D eigenvalue weighted by Crippen LogP contribution is 2.43. The van der Waals surface area contributed by atoms with E-state index in [9.17, 15) is 0 Å². The number of fused-ring (bicyclic) bond motifs is 1. The summed E-state index contributed by atoms with van der Waals surface area (Å²) in [7, 11) is 1.73. The molecule has 4 heterocycles. The molecule has 1 fully saturated rings. The van der Waals surface area contributed by atoms with Gasteiger partial charge in [-0.25, -0.2) is 4.98 Å². The zero-order valence-corrected chi connectivity index (χ0v) is 16.6. The molecule has 1 aromatic carbocycles. The number of rotatable bonds is 5. The molecule has 28 heavy (non-hydrogen) atoms. The van der Waals surface area contributed by atoms with Crippen LogP contribution in [-0.4, -0.2) is 44.4 Å². The van der Waals surface area contributed by atoms with Crippen molar-refractivity contribution in [3.63, 3.8) is 0 Å². The summed E-state index contributed by atoms with van der Waals surface area (Å²) >= 11 is 0. The molecule has 2 aromatic heterocycles. The van der Waals surface area contributed by atoms with E-state index in [1.165, 1.54) is 23.5 Å². The summed E-state index contributed by atoms with van der Waals surface area (Å²) in [6.45, 7) is 7.35. The fraction of sp³-hybridized carbons (Fsp3) is 0.455. The Hall–Kier alpha value is -2.60. The minimum absolute atomic E-state index is 0.307. The van der Waals surface area contributed by atoms with Gasteiger partial charge in [0.1, 0.15) is 11.6 Å². The Morgan fingerprint density at radius 3 is 2.89 bits per heavy atom. The molecule has 0 amide bonds. The van der Waals surface area contributed by atoms with Crippen LogP contribution >= 0.6 is 0 Å². The average molecular weight is 377 g/mol. The molecule has 0 radical (unpaired) electrons. The molecule has 0 saturated carbocycles. The van der Waals surface area contributed by atoms with Gasteiger partial charge >= 0.3 is 0 Å². The highest BCUT2D eigenvalue weighted by molar-refractivity contribution is 5.67. The molecule has 5 rings (SSSR count). The molecule has 2 aliphatic heterocycles. The quantitative estimate of drug-likeness (QED) is 0.685. The van der Waals surface area contributed by atoms with Crippen molar-refractivity contribution < 1.29 is 4.74 Å². The minimum Gasteiger partial charge on any atom is -0.496 e. The van der Waals surface area contributed by atoms with Crippen LogP contribution in [0.4, 0.5) is 0 Å². The lowest BCUT2D eigenvalue weighted by molar-refractivity contribution is 0.247. The molecular weight excluding hydrogens is 350 g/mol. The third-order valence-electron chi connectivity index (χ3n) is 6.28. The lowest BCUT2D eigenvalue weighted by atomic mass is 9.86. The third kappa shape index (κ3) is 2.92. The van der Waals surface area contributed by atoms with E-state index in [1.54, 1.807) is 7.11 Å². The first-order valence-electron chi connectivity index (χ1n) is 10.1. The van der Waals surface area contributed by atoms with Crippen LogP contribution in [0, 0.1) is 5.41 Å². The molecule has 1 atom stereocenters. The van der Waals surface area contributed by atoms with Gasteiger partial charge in [0.25, 0.3) is 0 Å². The van der Waals surface area contributed by atoms with Crippen molar-refractivity contribution in [2.24, 2.45) is 5.41 Å². The summed E-state index contributed by atoms with van der Waals surface area (Å²) in [6.07, 6.45) is 8.47. The Morgan fingerprint density at radius 2 is 2.07 bits per heavy atom. The monoisotopic (exact) mass is 377 g/mol. The van der Waals surface area contributed by atoms with Crippen molar-refractivity contribution in [1.29, 1.82) is 0 Å². The number of hydrogen-bond donors (Lipinski definition) is 0. The van der Waals surface area contributed by atoms with Crippen LogP contribution in [0.3, 0.4) is 0 Å². The summed E-state index contributed by atoms with van der Waals surface area (Å²) in [4.78, 5) is 7.34. The molecule has 1 spiro atoms. The molecule has 0 aliphatic carbocycles. The van der Waals surface area contributed by atoms with Crippen LogP contribution in [0.25, 0.3) is 11.3 Å². The number of likely N-dealkylation sites (tertiary alicyclic amines) is 1. The smallest absolute Gasteiger partial charge is 0.128 e. The number of hydrogen-bond acceptors (Lipinski definition) is 4. The van der Waals surface area contributed by atoms with Crippen molar-refractivity contribution >= 4 is 0 Å². The number of nitrogens with zero attached hydrogens (tertiary/aromatic N) is 5. The van der Waals surface area contributed by atoms with E-state index in [4.69, 9.17) is 9.72 Å². The summed E-state index contributed by atoms with van der Waals surface area (Å²) in [5, 5.41) is 4.42. The predicted octanol–water partition coefficient (Wildman–Crippen LogP) is 3.22. The Morgan fingerprint density at radius 1 is 1.18 bits per heavy atom. The molecule has 6 nitrogen and oxygen atoms in total. The van der Waals surface area contributed by atoms with E-state index in [1.807, 2.05) is 29.2 Å². The highest BCUT2D eigenvalue weighted by atomic mass is 16.5. The molecule has 3 aromatic rings. The van der Waals surface area contributed by atoms with E-state index in [2.05, 4.69) is 39.8 Å². The van der Waals surface area contributed by atoms with Crippen LogP contribution in [-0.2, 0) is 26.1 Å². The maximum Gasteiger partial charge on any atom is 0.128 e.